The molecule has 1 N–H and O–H groups in total. The molecule has 0 fully saturated rings. The average molecular weight is 477 g/mol. The lowest BCUT2D eigenvalue weighted by Crippen LogP contribution is -2.28. The third kappa shape index (κ3) is 4.53. The number of halogens is 1. The number of aryl methyl sites for hydroxylation is 1. The molecule has 182 valence electrons. The van der Waals surface area contributed by atoms with E-state index < -0.39 is 0 Å². The van der Waals surface area contributed by atoms with E-state index >= 15 is 0 Å². The van der Waals surface area contributed by atoms with Crippen LogP contribution in [0.1, 0.15) is 22.3 Å². The number of nitrogens with zero attached hydrogens (tertiary/aromatic N) is 3. The summed E-state index contributed by atoms with van der Waals surface area (Å²) in [6.07, 6.45) is 5.11. The van der Waals surface area contributed by atoms with Gasteiger partial charge in [-0.1, -0.05) is 12.1 Å². The number of rotatable bonds is 8. The van der Waals surface area contributed by atoms with Gasteiger partial charge in [-0.15, -0.1) is 0 Å². The monoisotopic (exact) mass is 476 g/mol. The van der Waals surface area contributed by atoms with Crippen LogP contribution in [0.3, 0.4) is 0 Å². The number of benzene rings is 2. The molecule has 7 nitrogen and oxygen atoms in total. The van der Waals surface area contributed by atoms with E-state index in [0.29, 0.717) is 23.6 Å². The van der Waals surface area contributed by atoms with E-state index in [1.165, 1.54) is 12.1 Å². The van der Waals surface area contributed by atoms with Crippen LogP contribution >= 0.6 is 0 Å². The van der Waals surface area contributed by atoms with Crippen LogP contribution in [0.4, 0.5) is 4.39 Å². The summed E-state index contributed by atoms with van der Waals surface area (Å²) < 4.78 is 27.2. The van der Waals surface area contributed by atoms with Crippen molar-refractivity contribution in [2.24, 2.45) is 5.92 Å². The molecule has 35 heavy (non-hydrogen) atoms. The third-order valence-corrected chi connectivity index (χ3v) is 6.57. The van der Waals surface area contributed by atoms with E-state index in [4.69, 9.17) is 9.47 Å². The van der Waals surface area contributed by atoms with Gasteiger partial charge in [0, 0.05) is 29.2 Å². The number of aromatic nitrogens is 3. The first kappa shape index (κ1) is 23.1. The minimum atomic E-state index is -0.362. The lowest BCUT2D eigenvalue weighted by molar-refractivity contribution is 0.0856. The Kier molecular flexibility index (Phi) is 6.30. The highest BCUT2D eigenvalue weighted by Gasteiger charge is 2.29. The fraction of sp³-hybridized carbons (Fsp3) is 0.333. The highest BCUT2D eigenvalue weighted by Crippen LogP contribution is 2.35. The lowest BCUT2D eigenvalue weighted by atomic mass is 9.89. The van der Waals surface area contributed by atoms with Crippen LogP contribution in [-0.4, -0.2) is 59.8 Å². The second-order valence-electron chi connectivity index (χ2n) is 9.27. The van der Waals surface area contributed by atoms with Crippen molar-refractivity contribution in [1.29, 1.82) is 0 Å². The van der Waals surface area contributed by atoms with Gasteiger partial charge < -0.3 is 18.9 Å². The molecule has 0 radical (unpaired) electrons. The summed E-state index contributed by atoms with van der Waals surface area (Å²) in [6, 6.07) is 10.5. The fourth-order valence-electron chi connectivity index (χ4n) is 4.79. The van der Waals surface area contributed by atoms with E-state index in [1.54, 1.807) is 19.4 Å². The van der Waals surface area contributed by atoms with Gasteiger partial charge >= 0.3 is 0 Å². The second kappa shape index (κ2) is 9.54. The van der Waals surface area contributed by atoms with Crippen molar-refractivity contribution >= 4 is 16.7 Å². The number of nitrogens with one attached hydrogen (secondary N) is 1. The summed E-state index contributed by atoms with van der Waals surface area (Å²) in [5.74, 6) is 0.584. The average Bonchev–Trinajstić information content (AvgIpc) is 3.47. The van der Waals surface area contributed by atoms with Crippen molar-refractivity contribution < 1.29 is 18.7 Å². The number of carbonyl (C=O) groups is 1. The molecule has 0 saturated carbocycles. The van der Waals surface area contributed by atoms with Crippen molar-refractivity contribution in [2.45, 2.75) is 19.4 Å². The van der Waals surface area contributed by atoms with Crippen LogP contribution in [0.2, 0.25) is 0 Å². The number of ether oxygens (including phenoxy) is 2. The molecule has 0 saturated heterocycles. The first-order valence-electron chi connectivity index (χ1n) is 11.8. The number of hydrogen-bond donors (Lipinski definition) is 1. The molecule has 1 unspecified atom stereocenters. The minimum Gasteiger partial charge on any atom is -0.493 e. The fourth-order valence-corrected chi connectivity index (χ4v) is 4.79. The van der Waals surface area contributed by atoms with Crippen LogP contribution in [0.15, 0.2) is 48.8 Å². The Morgan fingerprint density at radius 2 is 2.14 bits per heavy atom. The molecule has 0 amide bonds. The maximum Gasteiger partial charge on any atom is 0.216 e. The number of ketones is 1. The molecule has 0 aliphatic carbocycles. The lowest BCUT2D eigenvalue weighted by Gasteiger charge is -2.24. The first-order valence-corrected chi connectivity index (χ1v) is 11.8. The Bertz CT molecular complexity index is 1370. The van der Waals surface area contributed by atoms with Gasteiger partial charge in [0.05, 0.1) is 31.4 Å². The van der Waals surface area contributed by atoms with Crippen molar-refractivity contribution in [3.63, 3.8) is 0 Å². The highest BCUT2D eigenvalue weighted by atomic mass is 19.1. The predicted octanol–water partition coefficient (Wildman–Crippen LogP) is 4.56. The standard InChI is InChI=1S/C27H29FN4O3/c1-31(2)9-4-10-32-15-23(26(33)19-11-18-12-20(28)6-8-25(18)35-16-19)21-7-5-17(13-24(21)32)22-14-29-30-27(22)34-3/h5-8,12-15,19H,4,9-11,16H2,1-3H3,(H,29,30). The van der Waals surface area contributed by atoms with Crippen LogP contribution < -0.4 is 9.47 Å². The molecular weight excluding hydrogens is 447 g/mol. The number of methoxy groups -OCH3 is 1. The zero-order chi connectivity index (χ0) is 24.5. The third-order valence-electron chi connectivity index (χ3n) is 6.57. The van der Waals surface area contributed by atoms with Crippen molar-refractivity contribution in [3.05, 3.63) is 65.7 Å². The van der Waals surface area contributed by atoms with Gasteiger partial charge in [-0.25, -0.2) is 9.49 Å². The Balaban J connectivity index is 1.51. The molecule has 1 atom stereocenters. The maximum atomic E-state index is 13.8. The molecular formula is C27H29FN4O3. The Hall–Kier alpha value is -3.65. The molecule has 0 bridgehead atoms. The van der Waals surface area contributed by atoms with E-state index in [0.717, 1.165) is 47.1 Å². The molecule has 0 spiro atoms. The number of H-pyrrole nitrogens is 1. The van der Waals surface area contributed by atoms with Gasteiger partial charge in [-0.2, -0.15) is 5.10 Å². The molecule has 3 heterocycles. The maximum absolute atomic E-state index is 13.8. The Morgan fingerprint density at radius 1 is 1.29 bits per heavy atom. The number of aromatic amines is 1. The van der Waals surface area contributed by atoms with Crippen molar-refractivity contribution in [1.82, 2.24) is 19.7 Å². The topological polar surface area (TPSA) is 72.4 Å². The smallest absolute Gasteiger partial charge is 0.216 e. The predicted molar refractivity (Wildman–Crippen MR) is 133 cm³/mol. The summed E-state index contributed by atoms with van der Waals surface area (Å²) in [6.45, 7) is 2.01. The van der Waals surface area contributed by atoms with Crippen LogP contribution in [0, 0.1) is 11.7 Å². The SMILES string of the molecule is COc1[nH]ncc1-c1ccc2c(C(=O)C3COc4ccc(F)cc4C3)cn(CCCN(C)C)c2c1. The van der Waals surface area contributed by atoms with E-state index in [1.807, 2.05) is 18.3 Å². The number of fused-ring (bicyclic) bond motifs is 2. The summed E-state index contributed by atoms with van der Waals surface area (Å²) in [5.41, 5.74) is 4.21. The molecule has 1 aliphatic heterocycles. The van der Waals surface area contributed by atoms with Crippen LogP contribution in [-0.2, 0) is 13.0 Å². The van der Waals surface area contributed by atoms with Gasteiger partial charge in [0.2, 0.25) is 5.88 Å². The van der Waals surface area contributed by atoms with E-state index in [2.05, 4.69) is 39.8 Å². The molecule has 2 aromatic heterocycles. The first-order chi connectivity index (χ1) is 16.9. The number of hydrogen-bond acceptors (Lipinski definition) is 5. The van der Waals surface area contributed by atoms with Gasteiger partial charge in [0.15, 0.2) is 5.78 Å². The zero-order valence-electron chi connectivity index (χ0n) is 20.2. The molecule has 1 aliphatic rings. The normalized spacial score (nSPS) is 15.3. The van der Waals surface area contributed by atoms with Crippen molar-refractivity contribution in [3.8, 4) is 22.8 Å². The van der Waals surface area contributed by atoms with Crippen LogP contribution in [0.5, 0.6) is 11.6 Å². The van der Waals surface area contributed by atoms with Gasteiger partial charge in [0.25, 0.3) is 0 Å². The number of carbonyl (C=O) groups excluding carboxylic acids is 1. The largest absolute Gasteiger partial charge is 0.493 e. The summed E-state index contributed by atoms with van der Waals surface area (Å²) in [7, 11) is 5.71. The minimum absolute atomic E-state index is 0.0184. The second-order valence-corrected chi connectivity index (χ2v) is 9.27. The zero-order valence-corrected chi connectivity index (χ0v) is 20.2. The molecule has 4 aromatic rings. The Labute approximate surface area is 203 Å². The summed E-state index contributed by atoms with van der Waals surface area (Å²) >= 11 is 0. The highest BCUT2D eigenvalue weighted by molar-refractivity contribution is 6.10. The molecule has 5 rings (SSSR count). The van der Waals surface area contributed by atoms with Gasteiger partial charge in [0.1, 0.15) is 11.6 Å². The summed E-state index contributed by atoms with van der Waals surface area (Å²) in [4.78, 5) is 15.8. The molecule has 8 heteroatoms. The van der Waals surface area contributed by atoms with Crippen LogP contribution in [0.25, 0.3) is 22.0 Å². The van der Waals surface area contributed by atoms with Crippen molar-refractivity contribution in [2.75, 3.05) is 34.4 Å². The van der Waals surface area contributed by atoms with Gasteiger partial charge in [-0.05, 0) is 68.9 Å². The Morgan fingerprint density at radius 3 is 2.94 bits per heavy atom. The quantitative estimate of drug-likeness (QED) is 0.378. The van der Waals surface area contributed by atoms with E-state index in [9.17, 15) is 9.18 Å². The summed E-state index contributed by atoms with van der Waals surface area (Å²) in [5, 5.41) is 7.86. The molecule has 2 aromatic carbocycles. The van der Waals surface area contributed by atoms with Gasteiger partial charge in [-0.3, -0.25) is 4.79 Å². The van der Waals surface area contributed by atoms with E-state index in [-0.39, 0.29) is 24.1 Å². The number of Topliss-reactive ketones (excluding diaryl/α,β-unsaturated/α-hetero) is 1.